The number of hydrogen-bond donors (Lipinski definition) is 3. The summed E-state index contributed by atoms with van der Waals surface area (Å²) in [7, 11) is 0. The largest absolute Gasteiger partial charge is 0.389 e. The number of nitrogens with one attached hydrogen (secondary N) is 2. The van der Waals surface area contributed by atoms with Crippen molar-refractivity contribution in [3.8, 4) is 0 Å². The van der Waals surface area contributed by atoms with Crippen LogP contribution in [0.2, 0.25) is 0 Å². The molecule has 0 aliphatic rings. The van der Waals surface area contributed by atoms with Crippen LogP contribution in [0.5, 0.6) is 0 Å². The maximum absolute atomic E-state index is 9.69. The Kier molecular flexibility index (Phi) is 4.69. The van der Waals surface area contributed by atoms with Crippen LogP contribution in [0.15, 0.2) is 6.33 Å². The number of aromatic nitrogens is 2. The highest BCUT2D eigenvalue weighted by Gasteiger charge is 2.14. The van der Waals surface area contributed by atoms with Gasteiger partial charge in [0, 0.05) is 18.7 Å². The lowest BCUT2D eigenvalue weighted by atomic mass is 10.1. The zero-order valence-corrected chi connectivity index (χ0v) is 11.0. The van der Waals surface area contributed by atoms with Crippen LogP contribution >= 0.6 is 0 Å². The van der Waals surface area contributed by atoms with Gasteiger partial charge in [0.05, 0.1) is 5.60 Å². The van der Waals surface area contributed by atoms with E-state index in [1.165, 1.54) is 6.33 Å². The summed E-state index contributed by atoms with van der Waals surface area (Å²) in [4.78, 5) is 8.44. The molecule has 0 aliphatic heterocycles. The third kappa shape index (κ3) is 4.19. The van der Waals surface area contributed by atoms with E-state index in [9.17, 15) is 5.11 Å². The van der Waals surface area contributed by atoms with Crippen molar-refractivity contribution in [3.05, 3.63) is 11.9 Å². The molecule has 0 saturated heterocycles. The van der Waals surface area contributed by atoms with Crippen molar-refractivity contribution < 1.29 is 5.11 Å². The summed E-state index contributed by atoms with van der Waals surface area (Å²) in [6.07, 6.45) is 2.38. The predicted molar refractivity (Wildman–Crippen MR) is 70.4 cm³/mol. The first-order valence-corrected chi connectivity index (χ1v) is 6.02. The highest BCUT2D eigenvalue weighted by Crippen LogP contribution is 2.20. The van der Waals surface area contributed by atoms with E-state index in [2.05, 4.69) is 27.5 Å². The Balaban J connectivity index is 2.87. The summed E-state index contributed by atoms with van der Waals surface area (Å²) in [6, 6.07) is 0. The fourth-order valence-electron chi connectivity index (χ4n) is 1.52. The normalized spacial score (nSPS) is 11.4. The van der Waals surface area contributed by atoms with Gasteiger partial charge in [-0.15, -0.1) is 0 Å². The van der Waals surface area contributed by atoms with Gasteiger partial charge in [-0.25, -0.2) is 9.97 Å². The molecule has 17 heavy (non-hydrogen) atoms. The van der Waals surface area contributed by atoms with E-state index in [4.69, 9.17) is 0 Å². The first-order valence-electron chi connectivity index (χ1n) is 6.02. The van der Waals surface area contributed by atoms with Crippen LogP contribution in [0.3, 0.4) is 0 Å². The van der Waals surface area contributed by atoms with E-state index >= 15 is 0 Å². The lowest BCUT2D eigenvalue weighted by molar-refractivity contribution is 0.0944. The summed E-state index contributed by atoms with van der Waals surface area (Å²) in [5.41, 5.74) is 0.299. The predicted octanol–water partition coefficient (Wildman–Crippen LogP) is 1.65. The first kappa shape index (κ1) is 13.7. The second-order valence-corrected chi connectivity index (χ2v) is 4.60. The van der Waals surface area contributed by atoms with Crippen molar-refractivity contribution in [3.63, 3.8) is 0 Å². The Morgan fingerprint density at radius 2 is 1.76 bits per heavy atom. The van der Waals surface area contributed by atoms with E-state index in [1.807, 2.05) is 6.92 Å². The molecule has 0 saturated carbocycles. The van der Waals surface area contributed by atoms with Gasteiger partial charge in [-0.2, -0.15) is 0 Å². The Morgan fingerprint density at radius 1 is 1.18 bits per heavy atom. The van der Waals surface area contributed by atoms with Crippen LogP contribution in [0.4, 0.5) is 11.6 Å². The van der Waals surface area contributed by atoms with Crippen LogP contribution in [0, 0.1) is 0 Å². The van der Waals surface area contributed by atoms with Gasteiger partial charge in [0.2, 0.25) is 0 Å². The Hall–Kier alpha value is -1.36. The number of anilines is 2. The molecule has 0 bridgehead atoms. The van der Waals surface area contributed by atoms with Gasteiger partial charge < -0.3 is 15.7 Å². The number of nitrogens with zero attached hydrogens (tertiary/aromatic N) is 2. The standard InChI is InChI=1S/C12H22N4O/c1-5-9-10(13-6-2)15-8-16-11(9)14-7-12(3,4)17/h8,17H,5-7H2,1-4H3,(H2,13,14,15,16). The monoisotopic (exact) mass is 238 g/mol. The van der Waals surface area contributed by atoms with Crippen molar-refractivity contribution in [1.29, 1.82) is 0 Å². The lowest BCUT2D eigenvalue weighted by Crippen LogP contribution is -2.30. The quantitative estimate of drug-likeness (QED) is 0.703. The fraction of sp³-hybridized carbons (Fsp3) is 0.667. The summed E-state index contributed by atoms with van der Waals surface area (Å²) < 4.78 is 0. The molecule has 0 radical (unpaired) electrons. The second-order valence-electron chi connectivity index (χ2n) is 4.60. The zero-order chi connectivity index (χ0) is 12.9. The molecule has 0 aromatic carbocycles. The number of rotatable bonds is 6. The van der Waals surface area contributed by atoms with Crippen LogP contribution < -0.4 is 10.6 Å². The molecule has 5 heteroatoms. The van der Waals surface area contributed by atoms with Crippen LogP contribution in [-0.2, 0) is 6.42 Å². The van der Waals surface area contributed by atoms with Gasteiger partial charge in [0.25, 0.3) is 0 Å². The molecule has 3 N–H and O–H groups in total. The molecule has 0 spiro atoms. The smallest absolute Gasteiger partial charge is 0.134 e. The Labute approximate surface area is 103 Å². The van der Waals surface area contributed by atoms with Gasteiger partial charge in [0.1, 0.15) is 18.0 Å². The average Bonchev–Trinajstić information content (AvgIpc) is 2.26. The van der Waals surface area contributed by atoms with E-state index in [1.54, 1.807) is 13.8 Å². The third-order valence-electron chi connectivity index (χ3n) is 2.33. The van der Waals surface area contributed by atoms with Crippen LogP contribution in [-0.4, -0.2) is 33.8 Å². The van der Waals surface area contributed by atoms with Crippen molar-refractivity contribution in [1.82, 2.24) is 9.97 Å². The van der Waals surface area contributed by atoms with E-state index in [-0.39, 0.29) is 0 Å². The molecule has 0 fully saturated rings. The molecule has 0 aliphatic carbocycles. The molecule has 0 unspecified atom stereocenters. The molecular weight excluding hydrogens is 216 g/mol. The van der Waals surface area contributed by atoms with Crippen molar-refractivity contribution in [2.45, 2.75) is 39.7 Å². The zero-order valence-electron chi connectivity index (χ0n) is 11.0. The molecule has 96 valence electrons. The molecule has 0 amide bonds. The van der Waals surface area contributed by atoms with Crippen molar-refractivity contribution in [2.75, 3.05) is 23.7 Å². The Bertz CT molecular complexity index is 360. The molecule has 1 aromatic heterocycles. The lowest BCUT2D eigenvalue weighted by Gasteiger charge is -2.20. The Morgan fingerprint density at radius 3 is 2.24 bits per heavy atom. The van der Waals surface area contributed by atoms with E-state index in [0.29, 0.717) is 6.54 Å². The second kappa shape index (κ2) is 5.82. The topological polar surface area (TPSA) is 70.1 Å². The number of aliphatic hydroxyl groups is 1. The molecule has 0 atom stereocenters. The van der Waals surface area contributed by atoms with Gasteiger partial charge in [-0.3, -0.25) is 0 Å². The SMILES string of the molecule is CCNc1ncnc(NCC(C)(C)O)c1CC. The van der Waals surface area contributed by atoms with Crippen LogP contribution in [0.1, 0.15) is 33.3 Å². The minimum atomic E-state index is -0.756. The van der Waals surface area contributed by atoms with Gasteiger partial charge in [0.15, 0.2) is 0 Å². The maximum atomic E-state index is 9.69. The fourth-order valence-corrected chi connectivity index (χ4v) is 1.52. The van der Waals surface area contributed by atoms with Gasteiger partial charge in [-0.05, 0) is 27.2 Å². The number of hydrogen-bond acceptors (Lipinski definition) is 5. The highest BCUT2D eigenvalue weighted by atomic mass is 16.3. The minimum Gasteiger partial charge on any atom is -0.389 e. The van der Waals surface area contributed by atoms with E-state index < -0.39 is 5.60 Å². The summed E-state index contributed by atoms with van der Waals surface area (Å²) >= 11 is 0. The molecule has 5 nitrogen and oxygen atoms in total. The molecular formula is C12H22N4O. The molecule has 1 rings (SSSR count). The van der Waals surface area contributed by atoms with Crippen LogP contribution in [0.25, 0.3) is 0 Å². The third-order valence-corrected chi connectivity index (χ3v) is 2.33. The van der Waals surface area contributed by atoms with Crippen molar-refractivity contribution >= 4 is 11.6 Å². The summed E-state index contributed by atoms with van der Waals surface area (Å²) in [6.45, 7) is 8.91. The summed E-state index contributed by atoms with van der Waals surface area (Å²) in [5.74, 6) is 1.66. The van der Waals surface area contributed by atoms with Gasteiger partial charge >= 0.3 is 0 Å². The minimum absolute atomic E-state index is 0.461. The average molecular weight is 238 g/mol. The summed E-state index contributed by atoms with van der Waals surface area (Å²) in [5, 5.41) is 16.1. The first-order chi connectivity index (χ1) is 7.98. The van der Waals surface area contributed by atoms with Crippen molar-refractivity contribution in [2.24, 2.45) is 0 Å². The highest BCUT2D eigenvalue weighted by molar-refractivity contribution is 5.57. The van der Waals surface area contributed by atoms with E-state index in [0.717, 1.165) is 30.2 Å². The molecule has 1 heterocycles. The maximum Gasteiger partial charge on any atom is 0.134 e. The van der Waals surface area contributed by atoms with Gasteiger partial charge in [-0.1, -0.05) is 6.92 Å². The molecule has 1 aromatic rings.